The zero-order valence-corrected chi connectivity index (χ0v) is 28.8. The van der Waals surface area contributed by atoms with Crippen molar-refractivity contribution in [3.05, 3.63) is 80.8 Å². The number of aromatic nitrogens is 1. The van der Waals surface area contributed by atoms with E-state index in [4.69, 9.17) is 9.84 Å². The van der Waals surface area contributed by atoms with Crippen molar-refractivity contribution >= 4 is 17.7 Å². The highest BCUT2D eigenvalue weighted by Gasteiger charge is 2.37. The number of hydrogen-bond donors (Lipinski definition) is 4. The first-order valence-corrected chi connectivity index (χ1v) is 16.5. The first-order valence-electron chi connectivity index (χ1n) is 16.5. The van der Waals surface area contributed by atoms with Crippen LogP contribution in [0.15, 0.2) is 47.3 Å². The Kier molecular flexibility index (Phi) is 11.4. The minimum atomic E-state index is -0.886. The van der Waals surface area contributed by atoms with Gasteiger partial charge in [0, 0.05) is 53.2 Å². The summed E-state index contributed by atoms with van der Waals surface area (Å²) < 4.78 is 5.56. The number of carbonyl (C=O) groups excluding carboxylic acids is 1. The summed E-state index contributed by atoms with van der Waals surface area (Å²) in [5.41, 5.74) is 5.51. The molecule has 1 heterocycles. The lowest BCUT2D eigenvalue weighted by molar-refractivity contribution is 0.0545. The molecule has 4 N–H and O–H groups in total. The van der Waals surface area contributed by atoms with Crippen molar-refractivity contribution in [2.75, 3.05) is 24.7 Å². The molecule has 0 spiro atoms. The summed E-state index contributed by atoms with van der Waals surface area (Å²) in [5.74, 6) is 0.374. The molecule has 0 saturated heterocycles. The molecule has 1 aromatic heterocycles. The second kappa shape index (κ2) is 15.1. The lowest BCUT2D eigenvalue weighted by Crippen LogP contribution is -2.53. The van der Waals surface area contributed by atoms with Crippen LogP contribution in [-0.4, -0.2) is 69.5 Å². The van der Waals surface area contributed by atoms with E-state index >= 15 is 0 Å². The third-order valence-corrected chi connectivity index (χ3v) is 9.14. The zero-order chi connectivity index (χ0) is 34.5. The molecule has 10 heteroatoms. The first kappa shape index (κ1) is 35.5. The van der Waals surface area contributed by atoms with Gasteiger partial charge in [-0.25, -0.2) is 4.79 Å². The number of carbonyl (C=O) groups is 2. The van der Waals surface area contributed by atoms with Gasteiger partial charge in [0.2, 0.25) is 0 Å². The summed E-state index contributed by atoms with van der Waals surface area (Å²) in [6, 6.07) is 13.6. The fourth-order valence-corrected chi connectivity index (χ4v) is 6.92. The molecule has 0 unspecified atom stereocenters. The molecule has 0 aliphatic heterocycles. The number of rotatable bonds is 11. The minimum absolute atomic E-state index is 0.0452. The Morgan fingerprint density at radius 3 is 2.17 bits per heavy atom. The Labute approximate surface area is 277 Å². The van der Waals surface area contributed by atoms with E-state index in [9.17, 15) is 19.5 Å². The van der Waals surface area contributed by atoms with Crippen LogP contribution in [0.3, 0.4) is 0 Å². The van der Waals surface area contributed by atoms with Crippen molar-refractivity contribution in [3.63, 3.8) is 0 Å². The number of pyridine rings is 1. The van der Waals surface area contributed by atoms with Gasteiger partial charge in [-0.15, -0.1) is 0 Å². The molecule has 10 nitrogen and oxygen atoms in total. The van der Waals surface area contributed by atoms with Crippen LogP contribution < -0.4 is 20.5 Å². The number of ether oxygens (including phenoxy) is 1. The Bertz CT molecular complexity index is 1620. The quantitative estimate of drug-likeness (QED) is 0.195. The average molecular weight is 647 g/mol. The minimum Gasteiger partial charge on any atom is -0.491 e. The van der Waals surface area contributed by atoms with Crippen LogP contribution in [0.4, 0.5) is 10.5 Å². The SMILES string of the molecule is CCN(c1cc(-c2ccc(OCCO)cc2)cc(C(=O)NCc2c(C)cc(C)[nH]c2=O)c1C)C1CCC(N(C(=O)O)C(C)(C)C)CC1. The number of aryl methyl sites for hydroxylation is 2. The van der Waals surface area contributed by atoms with E-state index in [0.29, 0.717) is 23.4 Å². The van der Waals surface area contributed by atoms with Gasteiger partial charge in [0.05, 0.1) is 6.61 Å². The van der Waals surface area contributed by atoms with Crippen LogP contribution in [0.5, 0.6) is 5.75 Å². The smallest absolute Gasteiger partial charge is 0.407 e. The highest BCUT2D eigenvalue weighted by Crippen LogP contribution is 2.37. The van der Waals surface area contributed by atoms with Crippen LogP contribution >= 0.6 is 0 Å². The van der Waals surface area contributed by atoms with Gasteiger partial charge in [0.25, 0.3) is 11.5 Å². The van der Waals surface area contributed by atoms with Gasteiger partial charge >= 0.3 is 6.09 Å². The van der Waals surface area contributed by atoms with E-state index in [2.05, 4.69) is 28.2 Å². The highest BCUT2D eigenvalue weighted by atomic mass is 16.5. The number of benzene rings is 2. The molecule has 254 valence electrons. The van der Waals surface area contributed by atoms with Gasteiger partial charge in [-0.05, 0) is 127 Å². The van der Waals surface area contributed by atoms with Crippen molar-refractivity contribution in [1.29, 1.82) is 0 Å². The van der Waals surface area contributed by atoms with Gasteiger partial charge in [-0.2, -0.15) is 0 Å². The Morgan fingerprint density at radius 2 is 1.62 bits per heavy atom. The number of nitrogens with one attached hydrogen (secondary N) is 2. The molecule has 2 aromatic carbocycles. The first-order chi connectivity index (χ1) is 22.2. The average Bonchev–Trinajstić information content (AvgIpc) is 3.00. The maximum atomic E-state index is 13.9. The molecule has 3 aromatic rings. The molecule has 2 amide bonds. The van der Waals surface area contributed by atoms with Crippen molar-refractivity contribution in [2.24, 2.45) is 0 Å². The predicted octanol–water partition coefficient (Wildman–Crippen LogP) is 6.18. The normalized spacial score (nSPS) is 16.4. The van der Waals surface area contributed by atoms with E-state index in [1.165, 1.54) is 0 Å². The van der Waals surface area contributed by atoms with Crippen LogP contribution in [-0.2, 0) is 6.54 Å². The fourth-order valence-electron chi connectivity index (χ4n) is 6.92. The van der Waals surface area contributed by atoms with Gasteiger partial charge in [-0.3, -0.25) is 9.59 Å². The number of nitrogens with zero attached hydrogens (tertiary/aromatic N) is 2. The number of amides is 2. The van der Waals surface area contributed by atoms with Gasteiger partial charge in [0.1, 0.15) is 12.4 Å². The lowest BCUT2D eigenvalue weighted by atomic mass is 9.86. The van der Waals surface area contributed by atoms with E-state index in [0.717, 1.165) is 59.3 Å². The fraction of sp³-hybridized carbons (Fsp3) is 0.486. The van der Waals surface area contributed by atoms with Crippen LogP contribution in [0, 0.1) is 20.8 Å². The molecule has 0 atom stereocenters. The monoisotopic (exact) mass is 646 g/mol. The van der Waals surface area contributed by atoms with Crippen LogP contribution in [0.2, 0.25) is 0 Å². The van der Waals surface area contributed by atoms with Crippen LogP contribution in [0.25, 0.3) is 11.1 Å². The standard InChI is InChI=1S/C37H50N4O6/c1-8-40(28-11-13-29(14-12-28)41(36(45)46)37(5,6)7)33-21-27(26-9-15-30(16-10-26)47-18-17-42)20-31(25(33)4)34(43)38-22-32-23(2)19-24(3)39-35(32)44/h9-10,15-16,19-21,28-29,42H,8,11-14,17-18,22H2,1-7H3,(H,38,43)(H,39,44)(H,45,46). The third kappa shape index (κ3) is 8.35. The molecule has 1 aliphatic rings. The second-order valence-electron chi connectivity index (χ2n) is 13.5. The van der Waals surface area contributed by atoms with Crippen LogP contribution in [0.1, 0.15) is 86.1 Å². The number of aliphatic hydroxyl groups is 1. The Balaban J connectivity index is 1.68. The number of hydrogen-bond acceptors (Lipinski definition) is 6. The molecular weight excluding hydrogens is 596 g/mol. The van der Waals surface area contributed by atoms with E-state index in [-0.39, 0.29) is 43.3 Å². The van der Waals surface area contributed by atoms with Crippen molar-refractivity contribution < 1.29 is 24.5 Å². The van der Waals surface area contributed by atoms with Crippen molar-refractivity contribution in [2.45, 2.75) is 98.3 Å². The maximum absolute atomic E-state index is 13.9. The van der Waals surface area contributed by atoms with Gasteiger partial charge in [0.15, 0.2) is 0 Å². The largest absolute Gasteiger partial charge is 0.491 e. The Hall–Kier alpha value is -4.31. The molecule has 1 fully saturated rings. The van der Waals surface area contributed by atoms with E-state index < -0.39 is 11.6 Å². The summed E-state index contributed by atoms with van der Waals surface area (Å²) in [5, 5.41) is 22.1. The molecule has 0 radical (unpaired) electrons. The van der Waals surface area contributed by atoms with Gasteiger partial charge < -0.3 is 35.1 Å². The summed E-state index contributed by atoms with van der Waals surface area (Å²) in [6.07, 6.45) is 2.29. The molecule has 4 rings (SSSR count). The van der Waals surface area contributed by atoms with E-state index in [1.807, 2.05) is 77.9 Å². The lowest BCUT2D eigenvalue weighted by Gasteiger charge is -2.45. The maximum Gasteiger partial charge on any atom is 0.407 e. The number of carboxylic acid groups (broad SMARTS) is 1. The predicted molar refractivity (Wildman–Crippen MR) is 186 cm³/mol. The summed E-state index contributed by atoms with van der Waals surface area (Å²) in [4.78, 5) is 45.4. The van der Waals surface area contributed by atoms with E-state index in [1.54, 1.807) is 4.90 Å². The van der Waals surface area contributed by atoms with Crippen molar-refractivity contribution in [1.82, 2.24) is 15.2 Å². The summed E-state index contributed by atoms with van der Waals surface area (Å²) >= 11 is 0. The summed E-state index contributed by atoms with van der Waals surface area (Å²) in [7, 11) is 0. The summed E-state index contributed by atoms with van der Waals surface area (Å²) in [6.45, 7) is 14.5. The molecule has 47 heavy (non-hydrogen) atoms. The zero-order valence-electron chi connectivity index (χ0n) is 28.8. The van der Waals surface area contributed by atoms with Crippen molar-refractivity contribution in [3.8, 4) is 16.9 Å². The van der Waals surface area contributed by atoms with Gasteiger partial charge in [-0.1, -0.05) is 12.1 Å². The molecule has 0 bridgehead atoms. The molecular formula is C37H50N4O6. The molecule has 1 saturated carbocycles. The number of H-pyrrole nitrogens is 1. The molecule has 1 aliphatic carbocycles. The number of anilines is 1. The topological polar surface area (TPSA) is 135 Å². The number of aliphatic hydroxyl groups excluding tert-OH is 1. The highest BCUT2D eigenvalue weighted by molar-refractivity contribution is 5.99. The Morgan fingerprint density at radius 1 is 0.979 bits per heavy atom. The third-order valence-electron chi connectivity index (χ3n) is 9.14. The number of aromatic amines is 1. The second-order valence-corrected chi connectivity index (χ2v) is 13.5.